The van der Waals surface area contributed by atoms with Crippen molar-refractivity contribution in [3.63, 3.8) is 0 Å². The summed E-state index contributed by atoms with van der Waals surface area (Å²) in [6, 6.07) is 9.36. The average molecular weight is 440 g/mol. The Morgan fingerprint density at radius 2 is 1.63 bits per heavy atom. The van der Waals surface area contributed by atoms with E-state index in [4.69, 9.17) is 0 Å². The Bertz CT molecular complexity index is 1010. The number of likely N-dealkylation sites (tertiary alicyclic amines) is 1. The van der Waals surface area contributed by atoms with Gasteiger partial charge in [0.2, 0.25) is 0 Å². The van der Waals surface area contributed by atoms with Gasteiger partial charge in [0.15, 0.2) is 0 Å². The Kier molecular flexibility index (Phi) is 6.12. The molecular formula is C21H23F3N2O3S. The molecule has 5 nitrogen and oxygen atoms in total. The first kappa shape index (κ1) is 22.1. The van der Waals surface area contributed by atoms with Crippen LogP contribution in [0, 0.1) is 11.8 Å². The number of amides is 1. The molecule has 1 fully saturated rings. The minimum absolute atomic E-state index is 0.142. The van der Waals surface area contributed by atoms with Gasteiger partial charge in [0.1, 0.15) is 0 Å². The number of rotatable bonds is 4. The Morgan fingerprint density at radius 3 is 2.20 bits per heavy atom. The SMILES string of the molecule is CC1CC(C)CN(C(=O)c2ccc(S(=O)(=O)Nc3cccc(C(F)(F)F)c3)cc2)C1. The molecule has 0 radical (unpaired) electrons. The first-order valence-corrected chi connectivity index (χ1v) is 11.0. The second-order valence-electron chi connectivity index (χ2n) is 7.86. The highest BCUT2D eigenvalue weighted by atomic mass is 32.2. The number of carbonyl (C=O) groups excluding carboxylic acids is 1. The van der Waals surface area contributed by atoms with Gasteiger partial charge in [-0.2, -0.15) is 13.2 Å². The highest BCUT2D eigenvalue weighted by Crippen LogP contribution is 2.31. The fourth-order valence-electron chi connectivity index (χ4n) is 3.76. The maximum absolute atomic E-state index is 12.8. The van der Waals surface area contributed by atoms with Gasteiger partial charge in [-0.25, -0.2) is 8.42 Å². The number of hydrogen-bond donors (Lipinski definition) is 1. The summed E-state index contributed by atoms with van der Waals surface area (Å²) >= 11 is 0. The molecule has 1 saturated heterocycles. The van der Waals surface area contributed by atoms with E-state index in [0.717, 1.165) is 24.6 Å². The standard InChI is InChI=1S/C21H23F3N2O3S/c1-14-10-15(2)13-26(12-14)20(27)16-6-8-19(9-7-16)30(28,29)25-18-5-3-4-17(11-18)21(22,23)24/h3-9,11,14-15,25H,10,12-13H2,1-2H3. The van der Waals surface area contributed by atoms with Crippen LogP contribution in [-0.4, -0.2) is 32.3 Å². The molecule has 1 aliphatic rings. The van der Waals surface area contributed by atoms with Gasteiger partial charge in [0.25, 0.3) is 15.9 Å². The molecule has 0 bridgehead atoms. The molecule has 2 aromatic rings. The summed E-state index contributed by atoms with van der Waals surface area (Å²) in [5, 5.41) is 0. The summed E-state index contributed by atoms with van der Waals surface area (Å²) in [5.41, 5.74) is -0.774. The summed E-state index contributed by atoms with van der Waals surface area (Å²) in [7, 11) is -4.10. The molecule has 162 valence electrons. The number of alkyl halides is 3. The summed E-state index contributed by atoms with van der Waals surface area (Å²) in [6.07, 6.45) is -3.52. The highest BCUT2D eigenvalue weighted by Gasteiger charge is 2.31. The molecule has 1 N–H and O–H groups in total. The van der Waals surface area contributed by atoms with Crippen LogP contribution < -0.4 is 4.72 Å². The summed E-state index contributed by atoms with van der Waals surface area (Å²) in [5.74, 6) is 0.631. The van der Waals surface area contributed by atoms with E-state index in [0.29, 0.717) is 30.5 Å². The van der Waals surface area contributed by atoms with Crippen molar-refractivity contribution in [3.8, 4) is 0 Å². The lowest BCUT2D eigenvalue weighted by Crippen LogP contribution is -2.42. The van der Waals surface area contributed by atoms with Crippen molar-refractivity contribution in [2.45, 2.75) is 31.3 Å². The lowest BCUT2D eigenvalue weighted by molar-refractivity contribution is -0.137. The van der Waals surface area contributed by atoms with Gasteiger partial charge in [-0.05, 0) is 60.7 Å². The van der Waals surface area contributed by atoms with E-state index in [1.165, 1.54) is 30.3 Å². The Morgan fingerprint density at radius 1 is 1.03 bits per heavy atom. The minimum atomic E-state index is -4.58. The molecular weight excluding hydrogens is 417 g/mol. The first-order valence-electron chi connectivity index (χ1n) is 9.55. The van der Waals surface area contributed by atoms with E-state index in [9.17, 15) is 26.4 Å². The van der Waals surface area contributed by atoms with Crippen LogP contribution >= 0.6 is 0 Å². The largest absolute Gasteiger partial charge is 0.416 e. The van der Waals surface area contributed by atoms with Crippen LogP contribution in [-0.2, 0) is 16.2 Å². The molecule has 30 heavy (non-hydrogen) atoms. The monoisotopic (exact) mass is 440 g/mol. The second kappa shape index (κ2) is 8.29. The number of hydrogen-bond acceptors (Lipinski definition) is 3. The van der Waals surface area contributed by atoms with Gasteiger partial charge in [-0.15, -0.1) is 0 Å². The van der Waals surface area contributed by atoms with Crippen molar-refractivity contribution < 1.29 is 26.4 Å². The molecule has 3 rings (SSSR count). The molecule has 1 amide bonds. The lowest BCUT2D eigenvalue weighted by Gasteiger charge is -2.35. The van der Waals surface area contributed by atoms with Gasteiger partial charge < -0.3 is 4.90 Å². The zero-order valence-electron chi connectivity index (χ0n) is 16.6. The van der Waals surface area contributed by atoms with Crippen LogP contribution in [0.3, 0.4) is 0 Å². The number of piperidine rings is 1. The molecule has 0 spiro atoms. The third-order valence-electron chi connectivity index (χ3n) is 5.01. The van der Waals surface area contributed by atoms with Gasteiger partial charge in [0.05, 0.1) is 10.5 Å². The van der Waals surface area contributed by atoms with Gasteiger partial charge in [-0.3, -0.25) is 9.52 Å². The summed E-state index contributed by atoms with van der Waals surface area (Å²) in [4.78, 5) is 14.4. The smallest absolute Gasteiger partial charge is 0.338 e. The predicted octanol–water partition coefficient (Wildman–Crippen LogP) is 4.62. The zero-order valence-corrected chi connectivity index (χ0v) is 17.4. The van der Waals surface area contributed by atoms with E-state index in [2.05, 4.69) is 18.6 Å². The highest BCUT2D eigenvalue weighted by molar-refractivity contribution is 7.92. The van der Waals surface area contributed by atoms with E-state index < -0.39 is 21.8 Å². The molecule has 2 unspecified atom stereocenters. The van der Waals surface area contributed by atoms with E-state index in [1.54, 1.807) is 4.90 Å². The van der Waals surface area contributed by atoms with E-state index in [-0.39, 0.29) is 16.5 Å². The topological polar surface area (TPSA) is 66.5 Å². The molecule has 1 heterocycles. The normalized spacial score (nSPS) is 20.1. The number of sulfonamides is 1. The number of anilines is 1. The van der Waals surface area contributed by atoms with Crippen LogP contribution in [0.1, 0.15) is 36.2 Å². The van der Waals surface area contributed by atoms with Crippen molar-refractivity contribution in [2.24, 2.45) is 11.8 Å². The number of nitrogens with one attached hydrogen (secondary N) is 1. The third kappa shape index (κ3) is 5.13. The van der Waals surface area contributed by atoms with Crippen LogP contribution in [0.15, 0.2) is 53.4 Å². The average Bonchev–Trinajstić information content (AvgIpc) is 2.66. The lowest BCUT2D eigenvalue weighted by atomic mass is 9.91. The maximum atomic E-state index is 12.8. The van der Waals surface area contributed by atoms with Crippen molar-refractivity contribution >= 4 is 21.6 Å². The molecule has 0 aromatic heterocycles. The van der Waals surface area contributed by atoms with Crippen molar-refractivity contribution in [2.75, 3.05) is 17.8 Å². The van der Waals surface area contributed by atoms with Gasteiger partial charge in [-0.1, -0.05) is 19.9 Å². The molecule has 9 heteroatoms. The van der Waals surface area contributed by atoms with Crippen LogP contribution in [0.2, 0.25) is 0 Å². The third-order valence-corrected chi connectivity index (χ3v) is 6.41. The Balaban J connectivity index is 1.76. The molecule has 0 aliphatic carbocycles. The summed E-state index contributed by atoms with van der Waals surface area (Å²) < 4.78 is 65.7. The maximum Gasteiger partial charge on any atom is 0.416 e. The van der Waals surface area contributed by atoms with E-state index in [1.807, 2.05) is 0 Å². The molecule has 1 aliphatic heterocycles. The number of halogens is 3. The fourth-order valence-corrected chi connectivity index (χ4v) is 4.81. The van der Waals surface area contributed by atoms with Crippen molar-refractivity contribution in [3.05, 3.63) is 59.7 Å². The summed E-state index contributed by atoms with van der Waals surface area (Å²) in [6.45, 7) is 5.48. The Hall–Kier alpha value is -2.55. The Labute approximate surface area is 173 Å². The zero-order chi connectivity index (χ0) is 22.1. The van der Waals surface area contributed by atoms with Crippen molar-refractivity contribution in [1.82, 2.24) is 4.90 Å². The minimum Gasteiger partial charge on any atom is -0.338 e. The van der Waals surface area contributed by atoms with E-state index >= 15 is 0 Å². The first-order chi connectivity index (χ1) is 14.0. The van der Waals surface area contributed by atoms with Crippen LogP contribution in [0.5, 0.6) is 0 Å². The molecule has 0 saturated carbocycles. The number of carbonyl (C=O) groups is 1. The number of nitrogens with zero attached hydrogens (tertiary/aromatic N) is 1. The van der Waals surface area contributed by atoms with Crippen LogP contribution in [0.25, 0.3) is 0 Å². The van der Waals surface area contributed by atoms with Crippen molar-refractivity contribution in [1.29, 1.82) is 0 Å². The molecule has 2 atom stereocenters. The van der Waals surface area contributed by atoms with Crippen LogP contribution in [0.4, 0.5) is 18.9 Å². The molecule has 2 aromatic carbocycles. The quantitative estimate of drug-likeness (QED) is 0.754. The van der Waals surface area contributed by atoms with Gasteiger partial charge in [0, 0.05) is 24.3 Å². The predicted molar refractivity (Wildman–Crippen MR) is 108 cm³/mol. The number of benzene rings is 2. The fraction of sp³-hybridized carbons (Fsp3) is 0.381. The van der Waals surface area contributed by atoms with Gasteiger partial charge >= 0.3 is 6.18 Å². The second-order valence-corrected chi connectivity index (χ2v) is 9.55.